The highest BCUT2D eigenvalue weighted by molar-refractivity contribution is 6.30. The van der Waals surface area contributed by atoms with E-state index >= 15 is 0 Å². The van der Waals surface area contributed by atoms with Gasteiger partial charge < -0.3 is 15.0 Å². The van der Waals surface area contributed by atoms with Crippen molar-refractivity contribution in [2.75, 3.05) is 18.5 Å². The van der Waals surface area contributed by atoms with Crippen molar-refractivity contribution in [3.05, 3.63) is 59.1 Å². The second kappa shape index (κ2) is 7.57. The Morgan fingerprint density at radius 3 is 2.72 bits per heavy atom. The summed E-state index contributed by atoms with van der Waals surface area (Å²) in [7, 11) is 1.58. The Morgan fingerprint density at radius 2 is 2.04 bits per heavy atom. The van der Waals surface area contributed by atoms with Crippen LogP contribution in [0.2, 0.25) is 5.02 Å². The molecule has 0 aromatic heterocycles. The second-order valence-corrected chi connectivity index (χ2v) is 6.37. The lowest BCUT2D eigenvalue weighted by molar-refractivity contribution is -0.125. The monoisotopic (exact) mass is 358 g/mol. The van der Waals surface area contributed by atoms with Gasteiger partial charge in [-0.05, 0) is 42.0 Å². The fourth-order valence-electron chi connectivity index (χ4n) is 2.85. The zero-order chi connectivity index (χ0) is 17.8. The van der Waals surface area contributed by atoms with E-state index in [1.807, 2.05) is 48.5 Å². The van der Waals surface area contributed by atoms with Crippen molar-refractivity contribution in [2.24, 2.45) is 5.92 Å². The highest BCUT2D eigenvalue weighted by atomic mass is 35.5. The molecule has 0 radical (unpaired) electrons. The number of nitrogens with one attached hydrogen (secondary N) is 1. The molecule has 130 valence electrons. The van der Waals surface area contributed by atoms with Crippen LogP contribution in [0.25, 0.3) is 0 Å². The molecule has 6 heteroatoms. The maximum absolute atomic E-state index is 12.1. The van der Waals surface area contributed by atoms with E-state index < -0.39 is 0 Å². The molecule has 2 aromatic carbocycles. The van der Waals surface area contributed by atoms with Gasteiger partial charge in [0, 0.05) is 30.7 Å². The molecule has 2 amide bonds. The number of amides is 2. The van der Waals surface area contributed by atoms with Crippen LogP contribution in [0.3, 0.4) is 0 Å². The van der Waals surface area contributed by atoms with E-state index in [1.54, 1.807) is 11.9 Å². The number of hydrogen-bond acceptors (Lipinski definition) is 3. The molecule has 0 aliphatic carbocycles. The van der Waals surface area contributed by atoms with Gasteiger partial charge in [0.05, 0.1) is 5.92 Å². The number of carbonyl (C=O) groups is 2. The van der Waals surface area contributed by atoms with Gasteiger partial charge in [0.1, 0.15) is 12.4 Å². The first-order valence-corrected chi connectivity index (χ1v) is 8.44. The van der Waals surface area contributed by atoms with Crippen LogP contribution in [0.4, 0.5) is 5.69 Å². The Morgan fingerprint density at radius 1 is 1.28 bits per heavy atom. The summed E-state index contributed by atoms with van der Waals surface area (Å²) in [6, 6.07) is 14.8. The number of nitrogens with zero attached hydrogens (tertiary/aromatic N) is 1. The SMILES string of the molecule is CNC(=O)[C@H]1CC(=O)N(c2ccc(OCc3cccc(Cl)c3)cc2)C1. The second-order valence-electron chi connectivity index (χ2n) is 5.93. The van der Waals surface area contributed by atoms with Gasteiger partial charge in [-0.2, -0.15) is 0 Å². The standard InChI is InChI=1S/C19H19ClN2O3/c1-21-19(24)14-10-18(23)22(11-14)16-5-7-17(8-6-16)25-12-13-3-2-4-15(20)9-13/h2-9,14H,10-12H2,1H3,(H,21,24)/t14-/m0/s1. The molecule has 25 heavy (non-hydrogen) atoms. The van der Waals surface area contributed by atoms with Crippen LogP contribution in [0.5, 0.6) is 5.75 Å². The first-order chi connectivity index (χ1) is 12.1. The number of hydrogen-bond donors (Lipinski definition) is 1. The van der Waals surface area contributed by atoms with Gasteiger partial charge in [0.2, 0.25) is 11.8 Å². The number of ether oxygens (including phenoxy) is 1. The van der Waals surface area contributed by atoms with Crippen LogP contribution in [-0.2, 0) is 16.2 Å². The fraction of sp³-hybridized carbons (Fsp3) is 0.263. The molecule has 3 rings (SSSR count). The summed E-state index contributed by atoms with van der Waals surface area (Å²) in [6.45, 7) is 0.822. The van der Waals surface area contributed by atoms with E-state index in [-0.39, 0.29) is 24.2 Å². The van der Waals surface area contributed by atoms with Gasteiger partial charge in [-0.25, -0.2) is 0 Å². The molecular formula is C19H19ClN2O3. The minimum Gasteiger partial charge on any atom is -0.489 e. The van der Waals surface area contributed by atoms with Gasteiger partial charge in [0.15, 0.2) is 0 Å². The number of halogens is 1. The first-order valence-electron chi connectivity index (χ1n) is 8.06. The van der Waals surface area contributed by atoms with E-state index in [0.29, 0.717) is 23.9 Å². The molecule has 1 atom stereocenters. The van der Waals surface area contributed by atoms with E-state index in [2.05, 4.69) is 5.32 Å². The van der Waals surface area contributed by atoms with Crippen molar-refractivity contribution in [1.82, 2.24) is 5.32 Å². The van der Waals surface area contributed by atoms with Crippen LogP contribution < -0.4 is 15.0 Å². The average Bonchev–Trinajstić information content (AvgIpc) is 3.01. The first kappa shape index (κ1) is 17.3. The van der Waals surface area contributed by atoms with E-state index in [0.717, 1.165) is 11.3 Å². The molecule has 0 bridgehead atoms. The number of anilines is 1. The van der Waals surface area contributed by atoms with Gasteiger partial charge in [-0.15, -0.1) is 0 Å². The van der Waals surface area contributed by atoms with Crippen molar-refractivity contribution in [3.63, 3.8) is 0 Å². The van der Waals surface area contributed by atoms with Gasteiger partial charge in [0.25, 0.3) is 0 Å². The predicted octanol–water partition coefficient (Wildman–Crippen LogP) is 3.02. The Kier molecular flexibility index (Phi) is 5.24. The van der Waals surface area contributed by atoms with E-state index in [1.165, 1.54) is 0 Å². The van der Waals surface area contributed by atoms with Crippen LogP contribution in [-0.4, -0.2) is 25.4 Å². The molecule has 1 aliphatic heterocycles. The number of carbonyl (C=O) groups excluding carboxylic acids is 2. The quantitative estimate of drug-likeness (QED) is 0.893. The Bertz CT molecular complexity index is 776. The van der Waals surface area contributed by atoms with Crippen molar-refractivity contribution in [1.29, 1.82) is 0 Å². The van der Waals surface area contributed by atoms with Crippen LogP contribution >= 0.6 is 11.6 Å². The number of benzene rings is 2. The topological polar surface area (TPSA) is 58.6 Å². The molecule has 2 aromatic rings. The van der Waals surface area contributed by atoms with Gasteiger partial charge >= 0.3 is 0 Å². The summed E-state index contributed by atoms with van der Waals surface area (Å²) >= 11 is 5.96. The minimum atomic E-state index is -0.295. The number of rotatable bonds is 5. The molecule has 5 nitrogen and oxygen atoms in total. The highest BCUT2D eigenvalue weighted by Gasteiger charge is 2.34. The highest BCUT2D eigenvalue weighted by Crippen LogP contribution is 2.27. The fourth-order valence-corrected chi connectivity index (χ4v) is 3.07. The van der Waals surface area contributed by atoms with E-state index in [9.17, 15) is 9.59 Å². The molecule has 1 heterocycles. The molecular weight excluding hydrogens is 340 g/mol. The summed E-state index contributed by atoms with van der Waals surface area (Å²) in [6.07, 6.45) is 0.243. The lowest BCUT2D eigenvalue weighted by Crippen LogP contribution is -2.30. The third-order valence-corrected chi connectivity index (χ3v) is 4.42. The molecule has 0 spiro atoms. The molecule has 1 saturated heterocycles. The minimum absolute atomic E-state index is 0.0406. The average molecular weight is 359 g/mol. The molecule has 1 aliphatic rings. The van der Waals surface area contributed by atoms with Crippen LogP contribution in [0.15, 0.2) is 48.5 Å². The largest absolute Gasteiger partial charge is 0.489 e. The Labute approximate surface area is 151 Å². The lowest BCUT2D eigenvalue weighted by Gasteiger charge is -2.17. The van der Waals surface area contributed by atoms with Crippen molar-refractivity contribution in [2.45, 2.75) is 13.0 Å². The third kappa shape index (κ3) is 4.12. The Balaban J connectivity index is 1.62. The van der Waals surface area contributed by atoms with Gasteiger partial charge in [-0.3, -0.25) is 9.59 Å². The summed E-state index contributed by atoms with van der Waals surface area (Å²) in [5.74, 6) is 0.271. The molecule has 0 unspecified atom stereocenters. The molecule has 0 saturated carbocycles. The van der Waals surface area contributed by atoms with E-state index in [4.69, 9.17) is 16.3 Å². The molecule has 1 N–H and O–H groups in total. The zero-order valence-corrected chi connectivity index (χ0v) is 14.6. The smallest absolute Gasteiger partial charge is 0.227 e. The normalized spacial score (nSPS) is 16.8. The summed E-state index contributed by atoms with van der Waals surface area (Å²) in [5.41, 5.74) is 1.76. The molecule has 1 fully saturated rings. The maximum atomic E-state index is 12.1. The Hall–Kier alpha value is -2.53. The van der Waals surface area contributed by atoms with Gasteiger partial charge in [-0.1, -0.05) is 23.7 Å². The summed E-state index contributed by atoms with van der Waals surface area (Å²) in [4.78, 5) is 25.5. The summed E-state index contributed by atoms with van der Waals surface area (Å²) in [5, 5.41) is 3.27. The summed E-state index contributed by atoms with van der Waals surface area (Å²) < 4.78 is 5.74. The predicted molar refractivity (Wildman–Crippen MR) is 96.8 cm³/mol. The van der Waals surface area contributed by atoms with Crippen molar-refractivity contribution < 1.29 is 14.3 Å². The zero-order valence-electron chi connectivity index (χ0n) is 13.9. The maximum Gasteiger partial charge on any atom is 0.227 e. The van der Waals surface area contributed by atoms with Crippen LogP contribution in [0, 0.1) is 5.92 Å². The lowest BCUT2D eigenvalue weighted by atomic mass is 10.1. The van der Waals surface area contributed by atoms with Crippen molar-refractivity contribution in [3.8, 4) is 5.75 Å². The van der Waals surface area contributed by atoms with Crippen molar-refractivity contribution >= 4 is 29.1 Å². The third-order valence-electron chi connectivity index (χ3n) is 4.19. The van der Waals surface area contributed by atoms with Crippen LogP contribution in [0.1, 0.15) is 12.0 Å².